The largest absolute Gasteiger partial charge is 0.480 e. The molecule has 0 aromatic heterocycles. The van der Waals surface area contributed by atoms with E-state index in [1.807, 2.05) is 32.6 Å². The van der Waals surface area contributed by atoms with Crippen molar-refractivity contribution in [3.05, 3.63) is 10.1 Å². The quantitative estimate of drug-likeness (QED) is 0.604. The molecule has 1 saturated heterocycles. The highest BCUT2D eigenvalue weighted by Crippen LogP contribution is 2.46. The zero-order valence-corrected chi connectivity index (χ0v) is 12.0. The summed E-state index contributed by atoms with van der Waals surface area (Å²) < 4.78 is 0. The third-order valence-corrected chi connectivity index (χ3v) is 4.14. The minimum absolute atomic E-state index is 0.00767. The lowest BCUT2D eigenvalue weighted by Crippen LogP contribution is -2.56. The summed E-state index contributed by atoms with van der Waals surface area (Å²) in [6.07, 6.45) is 0.658. The molecule has 1 heterocycles. The van der Waals surface area contributed by atoms with Crippen LogP contribution in [0.25, 0.3) is 0 Å². The van der Waals surface area contributed by atoms with Crippen molar-refractivity contribution in [1.29, 1.82) is 0 Å². The van der Waals surface area contributed by atoms with Gasteiger partial charge in [-0.05, 0) is 41.0 Å². The summed E-state index contributed by atoms with van der Waals surface area (Å²) in [5.74, 6) is -0.980. The van der Waals surface area contributed by atoms with Crippen molar-refractivity contribution in [3.63, 3.8) is 0 Å². The molecule has 0 aromatic rings. The van der Waals surface area contributed by atoms with Crippen molar-refractivity contribution in [2.45, 2.75) is 58.2 Å². The van der Waals surface area contributed by atoms with Crippen molar-refractivity contribution >= 4 is 5.97 Å². The maximum Gasteiger partial charge on any atom is 0.320 e. The molecule has 0 saturated carbocycles. The molecule has 0 bridgehead atoms. The molecule has 2 atom stereocenters. The first-order valence-corrected chi connectivity index (χ1v) is 6.29. The van der Waals surface area contributed by atoms with Gasteiger partial charge in [0.1, 0.15) is 12.6 Å². The molecule has 1 rings (SSSR count). The van der Waals surface area contributed by atoms with E-state index in [0.29, 0.717) is 6.42 Å². The summed E-state index contributed by atoms with van der Waals surface area (Å²) >= 11 is 0. The Morgan fingerprint density at radius 2 is 2.05 bits per heavy atom. The first kappa shape index (κ1) is 15.7. The van der Waals surface area contributed by atoms with Crippen LogP contribution in [0.3, 0.4) is 0 Å². The van der Waals surface area contributed by atoms with Gasteiger partial charge < -0.3 is 9.94 Å². The molecule has 0 radical (unpaired) electrons. The van der Waals surface area contributed by atoms with Crippen molar-refractivity contribution in [1.82, 2.24) is 4.90 Å². The zero-order chi connectivity index (χ0) is 15.0. The van der Waals surface area contributed by atoms with E-state index in [1.165, 1.54) is 0 Å². The van der Waals surface area contributed by atoms with Crippen LogP contribution in [0.5, 0.6) is 0 Å². The molecular formula is C12H22N2O5. The minimum atomic E-state index is -0.892. The van der Waals surface area contributed by atoms with Crippen molar-refractivity contribution < 1.29 is 19.8 Å². The first-order valence-electron chi connectivity index (χ1n) is 6.29. The molecule has 2 unspecified atom stereocenters. The monoisotopic (exact) mass is 274 g/mol. The summed E-state index contributed by atoms with van der Waals surface area (Å²) in [4.78, 5) is 28.0. The number of hydrogen-bond donors (Lipinski definition) is 1. The van der Waals surface area contributed by atoms with Crippen molar-refractivity contribution in [2.75, 3.05) is 6.61 Å². The molecule has 1 aliphatic heterocycles. The highest BCUT2D eigenvalue weighted by atomic mass is 16.9. The average molecular weight is 274 g/mol. The lowest BCUT2D eigenvalue weighted by atomic mass is 9.87. The van der Waals surface area contributed by atoms with E-state index in [4.69, 9.17) is 0 Å². The Kier molecular flexibility index (Phi) is 4.09. The fourth-order valence-corrected chi connectivity index (χ4v) is 3.48. The van der Waals surface area contributed by atoms with E-state index < -0.39 is 22.6 Å². The number of likely N-dealkylation sites (tertiary alicyclic amines) is 1. The average Bonchev–Trinajstić information content (AvgIpc) is 2.40. The van der Waals surface area contributed by atoms with Crippen molar-refractivity contribution in [3.8, 4) is 0 Å². The number of aliphatic carboxylic acids is 1. The first-order chi connectivity index (χ1) is 8.50. The summed E-state index contributed by atoms with van der Waals surface area (Å²) in [5.41, 5.74) is -0.816. The van der Waals surface area contributed by atoms with Gasteiger partial charge in [-0.15, -0.1) is 10.1 Å². The Hall–Kier alpha value is -1.37. The molecule has 110 valence electrons. The van der Waals surface area contributed by atoms with Gasteiger partial charge in [-0.3, -0.25) is 9.69 Å². The molecule has 0 amide bonds. The number of nitrogens with zero attached hydrogens (tertiary/aromatic N) is 2. The molecule has 7 heteroatoms. The lowest BCUT2D eigenvalue weighted by Gasteiger charge is -2.44. The number of carboxylic acids is 1. The van der Waals surface area contributed by atoms with Gasteiger partial charge in [0.25, 0.3) is 5.09 Å². The summed E-state index contributed by atoms with van der Waals surface area (Å²) in [5, 5.41) is 18.8. The summed E-state index contributed by atoms with van der Waals surface area (Å²) in [6, 6.07) is -0.648. The van der Waals surface area contributed by atoms with Crippen LogP contribution in [0.4, 0.5) is 0 Å². The van der Waals surface area contributed by atoms with Crippen LogP contribution in [0.15, 0.2) is 0 Å². The molecule has 1 fully saturated rings. The van der Waals surface area contributed by atoms with Gasteiger partial charge in [0.15, 0.2) is 0 Å². The molecule has 7 nitrogen and oxygen atoms in total. The molecule has 1 N–H and O–H groups in total. The number of rotatable bonds is 5. The maximum atomic E-state index is 11.3. The molecular weight excluding hydrogens is 252 g/mol. The van der Waals surface area contributed by atoms with E-state index in [1.54, 1.807) is 6.92 Å². The Morgan fingerprint density at radius 1 is 1.53 bits per heavy atom. The number of carbonyl (C=O) groups is 1. The third-order valence-electron chi connectivity index (χ3n) is 4.14. The lowest BCUT2D eigenvalue weighted by molar-refractivity contribution is -0.759. The molecule has 0 aromatic carbocycles. The standard InChI is InChI=1S/C12H22N2O5/c1-8(10(15)16)13-11(2,3)6-9(12(13,4)5)7-19-14(17)18/h8-9H,6-7H2,1-5H3,(H,15,16). The van der Waals surface area contributed by atoms with Gasteiger partial charge in [0, 0.05) is 17.0 Å². The van der Waals surface area contributed by atoms with Gasteiger partial charge in [-0.25, -0.2) is 0 Å². The second-order valence-electron chi connectivity index (χ2n) is 6.27. The third kappa shape index (κ3) is 2.97. The smallest absolute Gasteiger partial charge is 0.320 e. The molecule has 1 aliphatic rings. The van der Waals surface area contributed by atoms with E-state index in [2.05, 4.69) is 4.84 Å². The molecule has 0 spiro atoms. The van der Waals surface area contributed by atoms with Crippen LogP contribution in [-0.4, -0.2) is 44.8 Å². The van der Waals surface area contributed by atoms with Crippen LogP contribution < -0.4 is 0 Å². The maximum absolute atomic E-state index is 11.3. The molecule has 0 aliphatic carbocycles. The van der Waals surface area contributed by atoms with Gasteiger partial charge in [0.2, 0.25) is 0 Å². The second kappa shape index (κ2) is 4.96. The number of carboxylic acid groups (broad SMARTS) is 1. The predicted octanol–water partition coefficient (Wildman–Crippen LogP) is 1.55. The predicted molar refractivity (Wildman–Crippen MR) is 68.1 cm³/mol. The fraction of sp³-hybridized carbons (Fsp3) is 0.917. The van der Waals surface area contributed by atoms with E-state index in [-0.39, 0.29) is 18.1 Å². The van der Waals surface area contributed by atoms with E-state index >= 15 is 0 Å². The van der Waals surface area contributed by atoms with Gasteiger partial charge >= 0.3 is 5.97 Å². The van der Waals surface area contributed by atoms with Crippen molar-refractivity contribution in [2.24, 2.45) is 5.92 Å². The number of hydrogen-bond acceptors (Lipinski definition) is 5. The Balaban J connectivity index is 2.98. The van der Waals surface area contributed by atoms with Gasteiger partial charge in [-0.2, -0.15) is 0 Å². The second-order valence-corrected chi connectivity index (χ2v) is 6.27. The highest BCUT2D eigenvalue weighted by molar-refractivity contribution is 5.73. The van der Waals surface area contributed by atoms with Crippen LogP contribution >= 0.6 is 0 Å². The SMILES string of the molecule is CC(C(=O)O)N1C(C)(C)CC(CO[N+](=O)[O-])C1(C)C. The highest BCUT2D eigenvalue weighted by Gasteiger charge is 2.54. The van der Waals surface area contributed by atoms with Crippen LogP contribution in [0, 0.1) is 16.0 Å². The minimum Gasteiger partial charge on any atom is -0.480 e. The fourth-order valence-electron chi connectivity index (χ4n) is 3.48. The van der Waals surface area contributed by atoms with Gasteiger partial charge in [-0.1, -0.05) is 0 Å². The zero-order valence-electron chi connectivity index (χ0n) is 12.0. The Labute approximate surface area is 112 Å². The van der Waals surface area contributed by atoms with E-state index in [0.717, 1.165) is 0 Å². The van der Waals surface area contributed by atoms with E-state index in [9.17, 15) is 20.0 Å². The summed E-state index contributed by atoms with van der Waals surface area (Å²) in [6.45, 7) is 9.37. The van der Waals surface area contributed by atoms with Crippen LogP contribution in [0.2, 0.25) is 0 Å². The summed E-state index contributed by atoms with van der Waals surface area (Å²) in [7, 11) is 0. The normalized spacial score (nSPS) is 26.9. The molecule has 19 heavy (non-hydrogen) atoms. The Morgan fingerprint density at radius 3 is 2.47 bits per heavy atom. The Bertz CT molecular complexity index is 380. The van der Waals surface area contributed by atoms with Crippen LogP contribution in [0.1, 0.15) is 41.0 Å². The topological polar surface area (TPSA) is 92.9 Å². The van der Waals surface area contributed by atoms with Crippen LogP contribution in [-0.2, 0) is 9.63 Å². The van der Waals surface area contributed by atoms with Gasteiger partial charge in [0.05, 0.1) is 0 Å².